The summed E-state index contributed by atoms with van der Waals surface area (Å²) < 4.78 is 22.8. The molecule has 2 rings (SSSR count). The smallest absolute Gasteiger partial charge is 0.175 e. The van der Waals surface area contributed by atoms with E-state index >= 15 is 0 Å². The second-order valence-corrected chi connectivity index (χ2v) is 6.79. The lowest BCUT2D eigenvalue weighted by molar-refractivity contribution is 0.238. The van der Waals surface area contributed by atoms with E-state index in [2.05, 4.69) is 4.90 Å². The molecule has 1 aliphatic rings. The van der Waals surface area contributed by atoms with Crippen LogP contribution in [0.1, 0.15) is 6.42 Å². The number of anilines is 2. The number of aliphatic hydroxyl groups is 1. The molecule has 5 nitrogen and oxygen atoms in total. The molecule has 1 aromatic rings. The summed E-state index contributed by atoms with van der Waals surface area (Å²) >= 11 is 0. The highest BCUT2D eigenvalue weighted by Gasteiger charge is 2.23. The molecule has 1 fully saturated rings. The summed E-state index contributed by atoms with van der Waals surface area (Å²) in [5, 5.41) is 9.11. The van der Waals surface area contributed by atoms with Gasteiger partial charge in [-0.1, -0.05) is 0 Å². The Hall–Kier alpha value is -1.27. The first kappa shape index (κ1) is 13.2. The van der Waals surface area contributed by atoms with Gasteiger partial charge >= 0.3 is 0 Å². The standard InChI is InChI=1S/C12H18N2O3S/c1-18(16,17)10-2-3-12(11(13)6-10)14-5-4-9(7-14)8-15/h2-3,6,9,15H,4-5,7-8,13H2,1H3. The van der Waals surface area contributed by atoms with Crippen LogP contribution in [0.2, 0.25) is 0 Å². The van der Waals surface area contributed by atoms with Crippen LogP contribution in [0.15, 0.2) is 23.1 Å². The van der Waals surface area contributed by atoms with Crippen LogP contribution < -0.4 is 10.6 Å². The van der Waals surface area contributed by atoms with E-state index in [1.165, 1.54) is 12.3 Å². The van der Waals surface area contributed by atoms with Crippen molar-refractivity contribution in [2.75, 3.05) is 36.6 Å². The average molecular weight is 270 g/mol. The van der Waals surface area contributed by atoms with Crippen molar-refractivity contribution in [3.05, 3.63) is 18.2 Å². The Morgan fingerprint density at radius 3 is 2.72 bits per heavy atom. The van der Waals surface area contributed by atoms with Crippen LogP contribution in [-0.2, 0) is 9.84 Å². The minimum absolute atomic E-state index is 0.178. The van der Waals surface area contributed by atoms with Gasteiger partial charge < -0.3 is 15.7 Å². The zero-order valence-corrected chi connectivity index (χ0v) is 11.2. The molecule has 1 heterocycles. The predicted molar refractivity (Wildman–Crippen MR) is 71.4 cm³/mol. The summed E-state index contributed by atoms with van der Waals surface area (Å²) in [4.78, 5) is 2.32. The van der Waals surface area contributed by atoms with Crippen LogP contribution in [0.3, 0.4) is 0 Å². The predicted octanol–water partition coefficient (Wildman–Crippen LogP) is 0.491. The third kappa shape index (κ3) is 2.59. The van der Waals surface area contributed by atoms with Gasteiger partial charge in [0.2, 0.25) is 0 Å². The summed E-state index contributed by atoms with van der Waals surface area (Å²) in [6, 6.07) is 4.82. The Bertz CT molecular complexity index is 542. The van der Waals surface area contributed by atoms with Crippen LogP contribution in [0.4, 0.5) is 11.4 Å². The quantitative estimate of drug-likeness (QED) is 0.781. The zero-order chi connectivity index (χ0) is 13.3. The summed E-state index contributed by atoms with van der Waals surface area (Å²) in [6.45, 7) is 1.78. The van der Waals surface area contributed by atoms with Crippen molar-refractivity contribution in [2.24, 2.45) is 5.92 Å². The van der Waals surface area contributed by atoms with Crippen molar-refractivity contribution in [1.82, 2.24) is 0 Å². The SMILES string of the molecule is CS(=O)(=O)c1ccc(N2CCC(CO)C2)c(N)c1. The van der Waals surface area contributed by atoms with Crippen molar-refractivity contribution in [3.63, 3.8) is 0 Å². The molecule has 0 saturated carbocycles. The number of hydrogen-bond donors (Lipinski definition) is 2. The minimum atomic E-state index is -3.22. The third-order valence-corrected chi connectivity index (χ3v) is 4.42. The number of rotatable bonds is 3. The van der Waals surface area contributed by atoms with Gasteiger partial charge in [0.1, 0.15) is 0 Å². The summed E-state index contributed by atoms with van der Waals surface area (Å²) in [5.74, 6) is 0.277. The molecule has 1 aromatic carbocycles. The Morgan fingerprint density at radius 1 is 1.50 bits per heavy atom. The molecular formula is C12H18N2O3S. The number of nitrogen functional groups attached to an aromatic ring is 1. The van der Waals surface area contributed by atoms with Crippen LogP contribution in [-0.4, -0.2) is 39.5 Å². The van der Waals surface area contributed by atoms with E-state index in [9.17, 15) is 8.42 Å². The molecule has 0 bridgehead atoms. The Morgan fingerprint density at radius 2 is 2.22 bits per heavy atom. The number of nitrogens with two attached hydrogens (primary N) is 1. The lowest BCUT2D eigenvalue weighted by Crippen LogP contribution is -2.21. The lowest BCUT2D eigenvalue weighted by Gasteiger charge is -2.20. The fourth-order valence-electron chi connectivity index (χ4n) is 2.25. The van der Waals surface area contributed by atoms with Crippen LogP contribution in [0, 0.1) is 5.92 Å². The topological polar surface area (TPSA) is 83.6 Å². The molecule has 0 amide bonds. The molecule has 1 atom stereocenters. The van der Waals surface area contributed by atoms with E-state index in [0.29, 0.717) is 5.69 Å². The molecule has 0 spiro atoms. The Balaban J connectivity index is 2.26. The minimum Gasteiger partial charge on any atom is -0.397 e. The normalized spacial score (nSPS) is 20.3. The maximum absolute atomic E-state index is 11.4. The van der Waals surface area contributed by atoms with Crippen LogP contribution in [0.25, 0.3) is 0 Å². The van der Waals surface area contributed by atoms with Gasteiger partial charge in [-0.15, -0.1) is 0 Å². The van der Waals surface area contributed by atoms with Gasteiger partial charge in [-0.05, 0) is 24.6 Å². The van der Waals surface area contributed by atoms with Crippen molar-refractivity contribution in [1.29, 1.82) is 0 Å². The van der Waals surface area contributed by atoms with Crippen molar-refractivity contribution in [3.8, 4) is 0 Å². The van der Waals surface area contributed by atoms with Gasteiger partial charge in [-0.3, -0.25) is 0 Å². The van der Waals surface area contributed by atoms with Gasteiger partial charge in [-0.2, -0.15) is 0 Å². The second-order valence-electron chi connectivity index (χ2n) is 4.78. The van der Waals surface area contributed by atoms with Gasteiger partial charge in [-0.25, -0.2) is 8.42 Å². The number of nitrogens with zero attached hydrogens (tertiary/aromatic N) is 1. The largest absolute Gasteiger partial charge is 0.397 e. The highest BCUT2D eigenvalue weighted by Crippen LogP contribution is 2.30. The van der Waals surface area contributed by atoms with Gasteiger partial charge in [0.05, 0.1) is 16.3 Å². The fourth-order valence-corrected chi connectivity index (χ4v) is 2.91. The molecule has 1 saturated heterocycles. The fraction of sp³-hybridized carbons (Fsp3) is 0.500. The molecule has 1 aliphatic heterocycles. The van der Waals surface area contributed by atoms with Crippen molar-refractivity contribution >= 4 is 21.2 Å². The first-order valence-corrected chi connectivity index (χ1v) is 7.76. The molecule has 6 heteroatoms. The molecular weight excluding hydrogens is 252 g/mol. The second kappa shape index (κ2) is 4.78. The maximum Gasteiger partial charge on any atom is 0.175 e. The number of hydrogen-bond acceptors (Lipinski definition) is 5. The third-order valence-electron chi connectivity index (χ3n) is 3.31. The van der Waals surface area contributed by atoms with Gasteiger partial charge in [0, 0.05) is 31.9 Å². The first-order valence-electron chi connectivity index (χ1n) is 5.87. The maximum atomic E-state index is 11.4. The van der Waals surface area contributed by atoms with E-state index < -0.39 is 9.84 Å². The summed E-state index contributed by atoms with van der Waals surface area (Å²) in [6.07, 6.45) is 2.10. The Labute approximate surface area is 107 Å². The van der Waals surface area contributed by atoms with Crippen molar-refractivity contribution in [2.45, 2.75) is 11.3 Å². The number of aliphatic hydroxyl groups excluding tert-OH is 1. The average Bonchev–Trinajstić information content (AvgIpc) is 2.76. The lowest BCUT2D eigenvalue weighted by atomic mass is 10.1. The highest BCUT2D eigenvalue weighted by atomic mass is 32.2. The van der Waals surface area contributed by atoms with Crippen LogP contribution >= 0.6 is 0 Å². The van der Waals surface area contributed by atoms with E-state index in [0.717, 1.165) is 25.2 Å². The zero-order valence-electron chi connectivity index (χ0n) is 10.3. The molecule has 3 N–H and O–H groups in total. The first-order chi connectivity index (χ1) is 8.41. The van der Waals surface area contributed by atoms with E-state index in [-0.39, 0.29) is 17.4 Å². The monoisotopic (exact) mass is 270 g/mol. The van der Waals surface area contributed by atoms with E-state index in [1.807, 2.05) is 0 Å². The molecule has 0 aromatic heterocycles. The van der Waals surface area contributed by atoms with E-state index in [1.54, 1.807) is 12.1 Å². The van der Waals surface area contributed by atoms with Gasteiger partial charge in [0.15, 0.2) is 9.84 Å². The summed E-state index contributed by atoms with van der Waals surface area (Å²) in [7, 11) is -3.22. The van der Waals surface area contributed by atoms with E-state index in [4.69, 9.17) is 10.8 Å². The van der Waals surface area contributed by atoms with Crippen LogP contribution in [0.5, 0.6) is 0 Å². The number of sulfone groups is 1. The molecule has 100 valence electrons. The highest BCUT2D eigenvalue weighted by molar-refractivity contribution is 7.90. The molecule has 0 aliphatic carbocycles. The number of benzene rings is 1. The summed E-state index contributed by atoms with van der Waals surface area (Å²) in [5.41, 5.74) is 7.23. The molecule has 1 unspecified atom stereocenters. The Kier molecular flexibility index (Phi) is 3.49. The molecule has 0 radical (unpaired) electrons. The van der Waals surface area contributed by atoms with Crippen molar-refractivity contribution < 1.29 is 13.5 Å². The molecule has 18 heavy (non-hydrogen) atoms. The van der Waals surface area contributed by atoms with Gasteiger partial charge in [0.25, 0.3) is 0 Å².